The molecule has 18 heavy (non-hydrogen) atoms. The summed E-state index contributed by atoms with van der Waals surface area (Å²) in [4.78, 5) is 6.55. The average molecular weight is 251 g/mol. The highest BCUT2D eigenvalue weighted by atomic mass is 16.5. The van der Waals surface area contributed by atoms with Crippen molar-refractivity contribution in [1.82, 2.24) is 15.0 Å². The number of aliphatic hydroxyl groups excluding tert-OH is 1. The Hall–Kier alpha value is -0.940. The van der Waals surface area contributed by atoms with Gasteiger partial charge in [-0.1, -0.05) is 5.16 Å². The first kappa shape index (κ1) is 12.1. The maximum atomic E-state index is 9.95. The quantitative estimate of drug-likeness (QED) is 0.834. The van der Waals surface area contributed by atoms with Gasteiger partial charge in [-0.15, -0.1) is 0 Å². The summed E-state index contributed by atoms with van der Waals surface area (Å²) in [6, 6.07) is 0.0680. The number of hydrogen-bond acceptors (Lipinski definition) is 5. The molecule has 2 atom stereocenters. The van der Waals surface area contributed by atoms with Crippen LogP contribution in [0.4, 0.5) is 0 Å². The van der Waals surface area contributed by atoms with Crippen molar-refractivity contribution in [1.29, 1.82) is 0 Å². The van der Waals surface area contributed by atoms with Gasteiger partial charge in [-0.05, 0) is 45.6 Å². The molecule has 2 fully saturated rings. The molecular weight excluding hydrogens is 230 g/mol. The van der Waals surface area contributed by atoms with E-state index in [0.29, 0.717) is 24.3 Å². The number of hydrogen-bond donors (Lipinski definition) is 1. The van der Waals surface area contributed by atoms with Crippen molar-refractivity contribution in [2.45, 2.75) is 50.7 Å². The molecule has 0 aliphatic heterocycles. The van der Waals surface area contributed by atoms with Crippen LogP contribution >= 0.6 is 0 Å². The monoisotopic (exact) mass is 251 g/mol. The first-order chi connectivity index (χ1) is 8.65. The average Bonchev–Trinajstić information content (AvgIpc) is 3.25. The van der Waals surface area contributed by atoms with Crippen LogP contribution in [0.1, 0.15) is 56.3 Å². The van der Waals surface area contributed by atoms with Gasteiger partial charge in [0.2, 0.25) is 5.89 Å². The standard InChI is InChI=1S/C13H21N3O2/c1-8(16(2)7-11(17)9-3-4-9)13-14-12(15-18-13)10-5-6-10/h8-11,17H,3-7H2,1-2H3. The lowest BCUT2D eigenvalue weighted by molar-refractivity contribution is 0.0833. The fourth-order valence-electron chi connectivity index (χ4n) is 2.20. The van der Waals surface area contributed by atoms with Crippen LogP contribution in [0.2, 0.25) is 0 Å². The van der Waals surface area contributed by atoms with Crippen LogP contribution in [0.5, 0.6) is 0 Å². The van der Waals surface area contributed by atoms with Gasteiger partial charge < -0.3 is 9.63 Å². The van der Waals surface area contributed by atoms with Gasteiger partial charge >= 0.3 is 0 Å². The van der Waals surface area contributed by atoms with Crippen molar-refractivity contribution in [2.24, 2.45) is 5.92 Å². The van der Waals surface area contributed by atoms with Crippen molar-refractivity contribution < 1.29 is 9.63 Å². The lowest BCUT2D eigenvalue weighted by Gasteiger charge is -2.24. The molecule has 0 amide bonds. The molecule has 5 heteroatoms. The van der Waals surface area contributed by atoms with E-state index in [2.05, 4.69) is 15.0 Å². The fourth-order valence-corrected chi connectivity index (χ4v) is 2.20. The van der Waals surface area contributed by atoms with Crippen molar-refractivity contribution in [2.75, 3.05) is 13.6 Å². The predicted molar refractivity (Wildman–Crippen MR) is 66.0 cm³/mol. The molecule has 2 aliphatic rings. The van der Waals surface area contributed by atoms with Crippen molar-refractivity contribution in [3.63, 3.8) is 0 Å². The molecule has 0 radical (unpaired) electrons. The summed E-state index contributed by atoms with van der Waals surface area (Å²) in [7, 11) is 2.00. The molecule has 5 nitrogen and oxygen atoms in total. The van der Waals surface area contributed by atoms with Crippen LogP contribution in [-0.2, 0) is 0 Å². The number of aromatic nitrogens is 2. The molecule has 0 saturated heterocycles. The van der Waals surface area contributed by atoms with E-state index in [1.54, 1.807) is 0 Å². The zero-order chi connectivity index (χ0) is 12.7. The van der Waals surface area contributed by atoms with Gasteiger partial charge in [-0.25, -0.2) is 0 Å². The first-order valence-corrected chi connectivity index (χ1v) is 6.87. The van der Waals surface area contributed by atoms with E-state index in [1.807, 2.05) is 14.0 Å². The Bertz CT molecular complexity index is 412. The number of aliphatic hydroxyl groups is 1. The lowest BCUT2D eigenvalue weighted by atomic mass is 10.2. The fraction of sp³-hybridized carbons (Fsp3) is 0.846. The summed E-state index contributed by atoms with van der Waals surface area (Å²) in [6.45, 7) is 2.72. The second-order valence-corrected chi connectivity index (χ2v) is 5.79. The van der Waals surface area contributed by atoms with E-state index >= 15 is 0 Å². The van der Waals surface area contributed by atoms with E-state index in [-0.39, 0.29) is 12.1 Å². The summed E-state index contributed by atoms with van der Waals surface area (Å²) in [5.74, 6) is 2.55. The highest BCUT2D eigenvalue weighted by Gasteiger charge is 2.33. The smallest absolute Gasteiger partial charge is 0.243 e. The second-order valence-electron chi connectivity index (χ2n) is 5.79. The Labute approximate surface area is 107 Å². The van der Waals surface area contributed by atoms with Gasteiger partial charge in [0.1, 0.15) is 0 Å². The van der Waals surface area contributed by atoms with Crippen LogP contribution in [-0.4, -0.2) is 39.8 Å². The van der Waals surface area contributed by atoms with Crippen LogP contribution in [0.3, 0.4) is 0 Å². The highest BCUT2D eigenvalue weighted by Crippen LogP contribution is 2.38. The molecule has 3 rings (SSSR count). The molecular formula is C13H21N3O2. The Balaban J connectivity index is 1.58. The summed E-state index contributed by atoms with van der Waals surface area (Å²) in [5, 5.41) is 14.0. The summed E-state index contributed by atoms with van der Waals surface area (Å²) in [6.07, 6.45) is 4.47. The molecule has 1 heterocycles. The lowest BCUT2D eigenvalue weighted by Crippen LogP contribution is -2.32. The minimum atomic E-state index is -0.219. The first-order valence-electron chi connectivity index (χ1n) is 6.87. The van der Waals surface area contributed by atoms with Gasteiger partial charge in [0.05, 0.1) is 12.1 Å². The molecule has 1 aromatic rings. The zero-order valence-corrected chi connectivity index (χ0v) is 11.0. The minimum absolute atomic E-state index is 0.0680. The van der Waals surface area contributed by atoms with E-state index in [9.17, 15) is 5.11 Å². The van der Waals surface area contributed by atoms with Gasteiger partial charge in [-0.2, -0.15) is 4.98 Å². The molecule has 100 valence electrons. The highest BCUT2D eigenvalue weighted by molar-refractivity contribution is 5.04. The van der Waals surface area contributed by atoms with Crippen molar-refractivity contribution >= 4 is 0 Å². The van der Waals surface area contributed by atoms with Gasteiger partial charge in [0, 0.05) is 12.5 Å². The van der Waals surface area contributed by atoms with Crippen molar-refractivity contribution in [3.05, 3.63) is 11.7 Å². The minimum Gasteiger partial charge on any atom is -0.392 e. The third kappa shape index (κ3) is 2.57. The van der Waals surface area contributed by atoms with Gasteiger partial charge in [-0.3, -0.25) is 4.90 Å². The Morgan fingerprint density at radius 1 is 1.39 bits per heavy atom. The zero-order valence-electron chi connectivity index (χ0n) is 11.0. The molecule has 2 saturated carbocycles. The maximum absolute atomic E-state index is 9.95. The molecule has 0 aromatic carbocycles. The summed E-state index contributed by atoms with van der Waals surface area (Å²) >= 11 is 0. The largest absolute Gasteiger partial charge is 0.392 e. The Morgan fingerprint density at radius 3 is 2.72 bits per heavy atom. The molecule has 2 aliphatic carbocycles. The van der Waals surface area contributed by atoms with Crippen molar-refractivity contribution in [3.8, 4) is 0 Å². The predicted octanol–water partition coefficient (Wildman–Crippen LogP) is 1.71. The number of nitrogens with zero attached hydrogens (tertiary/aromatic N) is 3. The van der Waals surface area contributed by atoms with Crippen LogP contribution in [0, 0.1) is 5.92 Å². The topological polar surface area (TPSA) is 62.4 Å². The maximum Gasteiger partial charge on any atom is 0.243 e. The van der Waals surface area contributed by atoms with E-state index in [1.165, 1.54) is 12.8 Å². The van der Waals surface area contributed by atoms with Crippen LogP contribution < -0.4 is 0 Å². The van der Waals surface area contributed by atoms with Gasteiger partial charge in [0.25, 0.3) is 0 Å². The SMILES string of the molecule is CC(c1nc(C2CC2)no1)N(C)CC(O)C1CC1. The third-order valence-corrected chi connectivity index (χ3v) is 4.06. The summed E-state index contributed by atoms with van der Waals surface area (Å²) < 4.78 is 5.32. The molecule has 0 bridgehead atoms. The molecule has 1 aromatic heterocycles. The number of likely N-dealkylation sites (N-methyl/N-ethyl adjacent to an activating group) is 1. The van der Waals surface area contributed by atoms with E-state index < -0.39 is 0 Å². The van der Waals surface area contributed by atoms with Gasteiger partial charge in [0.15, 0.2) is 5.82 Å². The number of rotatable bonds is 6. The molecule has 0 spiro atoms. The normalized spacial score (nSPS) is 23.3. The Kier molecular flexibility index (Phi) is 3.11. The Morgan fingerprint density at radius 2 is 2.11 bits per heavy atom. The molecule has 1 N–H and O–H groups in total. The van der Waals surface area contributed by atoms with E-state index in [4.69, 9.17) is 4.52 Å². The van der Waals surface area contributed by atoms with E-state index in [0.717, 1.165) is 18.7 Å². The molecule has 2 unspecified atom stereocenters. The van der Waals surface area contributed by atoms with Crippen LogP contribution in [0.25, 0.3) is 0 Å². The third-order valence-electron chi connectivity index (χ3n) is 4.06. The second kappa shape index (κ2) is 4.63. The summed E-state index contributed by atoms with van der Waals surface area (Å²) in [5.41, 5.74) is 0. The van der Waals surface area contributed by atoms with Crippen LogP contribution in [0.15, 0.2) is 4.52 Å².